The summed E-state index contributed by atoms with van der Waals surface area (Å²) in [7, 11) is -3.42. The van der Waals surface area contributed by atoms with E-state index in [2.05, 4.69) is 9.98 Å². The molecule has 0 radical (unpaired) electrons. The molecule has 150 valence electrons. The lowest BCUT2D eigenvalue weighted by atomic mass is 10.2. The van der Waals surface area contributed by atoms with Crippen LogP contribution in [0.4, 0.5) is 10.1 Å². The van der Waals surface area contributed by atoms with Gasteiger partial charge >= 0.3 is 0 Å². The fraction of sp³-hybridized carbons (Fsp3) is 0.150. The fourth-order valence-electron chi connectivity index (χ4n) is 3.22. The number of benzene rings is 2. The Hall–Kier alpha value is -3.33. The molecule has 1 aromatic heterocycles. The summed E-state index contributed by atoms with van der Waals surface area (Å²) in [6.07, 6.45) is 3.38. The number of hydrogen-bond acceptors (Lipinski definition) is 6. The molecule has 7 nitrogen and oxygen atoms in total. The molecule has 0 bridgehead atoms. The quantitative estimate of drug-likeness (QED) is 0.683. The lowest BCUT2D eigenvalue weighted by Gasteiger charge is -2.32. The first-order valence-corrected chi connectivity index (χ1v) is 10.7. The predicted molar refractivity (Wildman–Crippen MR) is 110 cm³/mol. The number of halogens is 1. The van der Waals surface area contributed by atoms with Crippen molar-refractivity contribution in [3.8, 4) is 5.75 Å². The van der Waals surface area contributed by atoms with Crippen molar-refractivity contribution in [3.63, 3.8) is 0 Å². The number of ether oxygens (including phenoxy) is 1. The molecular weight excluding hydrogens is 395 g/mol. The average molecular weight is 414 g/mol. The van der Waals surface area contributed by atoms with E-state index in [1.54, 1.807) is 30.3 Å². The summed E-state index contributed by atoms with van der Waals surface area (Å²) in [6, 6.07) is 11.2. The molecule has 4 rings (SSSR count). The molecule has 3 N–H and O–H groups in total. The van der Waals surface area contributed by atoms with E-state index in [1.165, 1.54) is 29.3 Å². The number of rotatable bonds is 4. The molecule has 0 saturated heterocycles. The number of H-pyrrole nitrogens is 1. The molecule has 2 aromatic carbocycles. The van der Waals surface area contributed by atoms with Crippen molar-refractivity contribution in [2.45, 2.75) is 18.0 Å². The zero-order valence-electron chi connectivity index (χ0n) is 15.8. The van der Waals surface area contributed by atoms with Gasteiger partial charge in [0.25, 0.3) is 0 Å². The third-order valence-electron chi connectivity index (χ3n) is 4.57. The van der Waals surface area contributed by atoms with E-state index in [0.717, 1.165) is 11.9 Å². The number of aliphatic imine (C=N–C) groups is 1. The van der Waals surface area contributed by atoms with Crippen molar-refractivity contribution >= 4 is 32.4 Å². The summed E-state index contributed by atoms with van der Waals surface area (Å²) in [6.45, 7) is 1.84. The molecule has 9 heteroatoms. The minimum Gasteiger partial charge on any atom is -0.463 e. The van der Waals surface area contributed by atoms with Crippen LogP contribution < -0.4 is 15.4 Å². The van der Waals surface area contributed by atoms with E-state index in [0.29, 0.717) is 16.6 Å². The lowest BCUT2D eigenvalue weighted by molar-refractivity contribution is 0.245. The molecule has 3 aromatic rings. The molecule has 2 heterocycles. The molecule has 0 saturated carbocycles. The van der Waals surface area contributed by atoms with Crippen LogP contribution in [-0.4, -0.2) is 31.8 Å². The molecule has 1 atom stereocenters. The summed E-state index contributed by atoms with van der Waals surface area (Å²) < 4.78 is 44.7. The highest BCUT2D eigenvalue weighted by molar-refractivity contribution is 7.90. The van der Waals surface area contributed by atoms with Crippen molar-refractivity contribution in [1.82, 2.24) is 4.98 Å². The Morgan fingerprint density at radius 1 is 1.24 bits per heavy atom. The van der Waals surface area contributed by atoms with Crippen molar-refractivity contribution in [3.05, 3.63) is 66.3 Å². The smallest absolute Gasteiger partial charge is 0.203 e. The number of sulfone groups is 1. The van der Waals surface area contributed by atoms with E-state index in [-0.39, 0.29) is 16.6 Å². The molecule has 0 fully saturated rings. The number of guanidine groups is 1. The zero-order valence-corrected chi connectivity index (χ0v) is 16.6. The van der Waals surface area contributed by atoms with Gasteiger partial charge in [-0.1, -0.05) is 6.07 Å². The summed E-state index contributed by atoms with van der Waals surface area (Å²) in [5.74, 6) is -0.349. The van der Waals surface area contributed by atoms with Gasteiger partial charge in [0, 0.05) is 34.7 Å². The van der Waals surface area contributed by atoms with Crippen LogP contribution in [0, 0.1) is 12.7 Å². The molecule has 1 aliphatic rings. The van der Waals surface area contributed by atoms with Crippen LogP contribution in [0.15, 0.2) is 64.6 Å². The van der Waals surface area contributed by atoms with Gasteiger partial charge in [-0.25, -0.2) is 17.8 Å². The Balaban J connectivity index is 1.72. The Labute approximate surface area is 167 Å². The van der Waals surface area contributed by atoms with Crippen LogP contribution in [0.2, 0.25) is 0 Å². The number of aryl methyl sites for hydroxylation is 1. The molecule has 0 aliphatic carbocycles. The van der Waals surface area contributed by atoms with E-state index >= 15 is 0 Å². The van der Waals surface area contributed by atoms with Crippen molar-refractivity contribution < 1.29 is 17.5 Å². The van der Waals surface area contributed by atoms with Gasteiger partial charge in [0.1, 0.15) is 0 Å². The Morgan fingerprint density at radius 2 is 2.03 bits per heavy atom. The largest absolute Gasteiger partial charge is 0.463 e. The van der Waals surface area contributed by atoms with Gasteiger partial charge < -0.3 is 15.5 Å². The van der Waals surface area contributed by atoms with Crippen molar-refractivity contribution in [1.29, 1.82) is 0 Å². The van der Waals surface area contributed by atoms with Gasteiger partial charge in [0.2, 0.25) is 5.96 Å². The van der Waals surface area contributed by atoms with Crippen LogP contribution in [0.25, 0.3) is 10.9 Å². The molecule has 0 amide bonds. The number of hydrogen-bond donors (Lipinski definition) is 2. The maximum absolute atomic E-state index is 15.0. The van der Waals surface area contributed by atoms with Gasteiger partial charge in [-0.3, -0.25) is 4.90 Å². The van der Waals surface area contributed by atoms with Gasteiger partial charge in [-0.2, -0.15) is 0 Å². The molecular formula is C20H19FN4O3S. The van der Waals surface area contributed by atoms with Crippen LogP contribution in [0.1, 0.15) is 5.69 Å². The third-order valence-corrected chi connectivity index (χ3v) is 5.68. The first kappa shape index (κ1) is 19.0. The summed E-state index contributed by atoms with van der Waals surface area (Å²) in [5, 5.41) is 0.423. The zero-order chi connectivity index (χ0) is 20.8. The first-order valence-electron chi connectivity index (χ1n) is 8.78. The monoisotopic (exact) mass is 414 g/mol. The van der Waals surface area contributed by atoms with Crippen LogP contribution in [0.5, 0.6) is 5.75 Å². The summed E-state index contributed by atoms with van der Waals surface area (Å²) in [4.78, 5) is 8.77. The van der Waals surface area contributed by atoms with E-state index in [4.69, 9.17) is 10.5 Å². The number of nitrogens with two attached hydrogens (primary N) is 1. The van der Waals surface area contributed by atoms with Gasteiger partial charge in [0.15, 0.2) is 27.6 Å². The predicted octanol–water partition coefficient (Wildman–Crippen LogP) is 3.07. The van der Waals surface area contributed by atoms with E-state index in [1.807, 2.05) is 6.92 Å². The number of nitrogens with zero attached hydrogens (tertiary/aromatic N) is 2. The Kier molecular flexibility index (Phi) is 4.54. The van der Waals surface area contributed by atoms with Crippen LogP contribution >= 0.6 is 0 Å². The molecule has 1 aliphatic heterocycles. The summed E-state index contributed by atoms with van der Waals surface area (Å²) in [5.41, 5.74) is 8.01. The number of fused-ring (bicyclic) bond motifs is 1. The van der Waals surface area contributed by atoms with Gasteiger partial charge in [-0.15, -0.1) is 0 Å². The first-order chi connectivity index (χ1) is 13.7. The molecule has 0 spiro atoms. The third kappa shape index (κ3) is 3.56. The van der Waals surface area contributed by atoms with Crippen LogP contribution in [-0.2, 0) is 9.84 Å². The second-order valence-electron chi connectivity index (χ2n) is 6.77. The normalized spacial score (nSPS) is 16.9. The van der Waals surface area contributed by atoms with Crippen LogP contribution in [0.3, 0.4) is 0 Å². The maximum Gasteiger partial charge on any atom is 0.203 e. The number of aromatic amines is 1. The standard InChI is InChI=1S/C20H19FN4O3S/c1-12-10-15-16(24-12)6-7-17(19(15)21)28-18-8-9-23-20(22)25(18)13-4-3-5-14(11-13)29(2,26)27/h3-11,18,24H,1-2H3,(H2,22,23). The minimum absolute atomic E-state index is 0.0464. The molecule has 29 heavy (non-hydrogen) atoms. The second-order valence-corrected chi connectivity index (χ2v) is 8.78. The Morgan fingerprint density at radius 3 is 2.79 bits per heavy atom. The van der Waals surface area contributed by atoms with Crippen molar-refractivity contribution in [2.24, 2.45) is 10.7 Å². The SMILES string of the molecule is Cc1cc2c(F)c(OC3C=CN=C(N)N3c3cccc(S(C)(=O)=O)c3)ccc2[nH]1. The number of aromatic nitrogens is 1. The second kappa shape index (κ2) is 6.93. The highest BCUT2D eigenvalue weighted by Crippen LogP contribution is 2.30. The highest BCUT2D eigenvalue weighted by Gasteiger charge is 2.26. The van der Waals surface area contributed by atoms with Gasteiger partial charge in [-0.05, 0) is 49.4 Å². The highest BCUT2D eigenvalue weighted by atomic mass is 32.2. The minimum atomic E-state index is -3.42. The summed E-state index contributed by atoms with van der Waals surface area (Å²) >= 11 is 0. The molecule has 1 unspecified atom stereocenters. The fourth-order valence-corrected chi connectivity index (χ4v) is 3.88. The number of anilines is 1. The van der Waals surface area contributed by atoms with E-state index < -0.39 is 21.9 Å². The van der Waals surface area contributed by atoms with Gasteiger partial charge in [0.05, 0.1) is 4.90 Å². The lowest BCUT2D eigenvalue weighted by Crippen LogP contribution is -2.48. The average Bonchev–Trinajstić information content (AvgIpc) is 3.05. The van der Waals surface area contributed by atoms with E-state index in [9.17, 15) is 12.8 Å². The number of nitrogens with one attached hydrogen (secondary N) is 1. The maximum atomic E-state index is 15.0. The topological polar surface area (TPSA) is 101 Å². The van der Waals surface area contributed by atoms with Crippen molar-refractivity contribution in [2.75, 3.05) is 11.2 Å². The Bertz CT molecular complexity index is 1260.